The zero-order chi connectivity index (χ0) is 22.4. The second-order valence-corrected chi connectivity index (χ2v) is 7.78. The van der Waals surface area contributed by atoms with Gasteiger partial charge in [0.05, 0.1) is 7.11 Å². The van der Waals surface area contributed by atoms with Gasteiger partial charge in [0.2, 0.25) is 0 Å². The Bertz CT molecular complexity index is 655. The first-order chi connectivity index (χ1) is 14.4. The minimum absolute atomic E-state index is 0.00222. The molecule has 0 fully saturated rings. The zero-order valence-corrected chi connectivity index (χ0v) is 19.0. The van der Waals surface area contributed by atoms with Crippen molar-refractivity contribution in [2.24, 2.45) is 0 Å². The molecule has 1 unspecified atom stereocenters. The van der Waals surface area contributed by atoms with E-state index in [-0.39, 0.29) is 29.3 Å². The third-order valence-corrected chi connectivity index (χ3v) is 4.99. The summed E-state index contributed by atoms with van der Waals surface area (Å²) in [5.41, 5.74) is 0.573. The fourth-order valence-corrected chi connectivity index (χ4v) is 3.57. The highest BCUT2D eigenvalue weighted by atomic mass is 16.6. The van der Waals surface area contributed by atoms with E-state index in [1.165, 1.54) is 78.0 Å². The predicted molar refractivity (Wildman–Crippen MR) is 117 cm³/mol. The van der Waals surface area contributed by atoms with Crippen molar-refractivity contribution >= 4 is 11.9 Å². The van der Waals surface area contributed by atoms with Crippen LogP contribution in [-0.2, 0) is 20.7 Å². The van der Waals surface area contributed by atoms with Crippen LogP contribution in [0.4, 0.5) is 0 Å². The molecule has 0 spiro atoms. The molecule has 1 aromatic carbocycles. The monoisotopic (exact) mass is 422 g/mol. The molecule has 0 aliphatic heterocycles. The van der Waals surface area contributed by atoms with E-state index >= 15 is 0 Å². The number of methoxy groups -OCH3 is 1. The molecule has 0 bridgehead atoms. The average Bonchev–Trinajstić information content (AvgIpc) is 2.67. The van der Waals surface area contributed by atoms with E-state index in [4.69, 9.17) is 14.2 Å². The number of unbranched alkanes of at least 4 members (excludes halogenated alkanes) is 8. The van der Waals surface area contributed by atoms with Crippen LogP contribution in [0.3, 0.4) is 0 Å². The van der Waals surface area contributed by atoms with Crippen molar-refractivity contribution in [3.05, 3.63) is 17.7 Å². The summed E-state index contributed by atoms with van der Waals surface area (Å²) in [5, 5.41) is 10.0. The van der Waals surface area contributed by atoms with E-state index in [1.807, 2.05) is 0 Å². The number of rotatable bonds is 15. The van der Waals surface area contributed by atoms with Crippen LogP contribution in [0.1, 0.15) is 90.5 Å². The van der Waals surface area contributed by atoms with Crippen molar-refractivity contribution in [2.45, 2.75) is 97.5 Å². The standard InChI is InChI=1S/C24H38O6/c1-5-6-7-8-9-10-11-12-13-14-22(29-18(2)25)16-20-15-21(27)17-23(28-4)24(20)30-19(3)26/h15,17,22,27H,5-14,16H2,1-4H3. The summed E-state index contributed by atoms with van der Waals surface area (Å²) in [4.78, 5) is 23.1. The van der Waals surface area contributed by atoms with Crippen molar-refractivity contribution in [2.75, 3.05) is 7.11 Å². The summed E-state index contributed by atoms with van der Waals surface area (Å²) in [6.07, 6.45) is 11.6. The molecule has 0 saturated carbocycles. The molecule has 1 atom stereocenters. The largest absolute Gasteiger partial charge is 0.508 e. The van der Waals surface area contributed by atoms with Gasteiger partial charge in [-0.2, -0.15) is 0 Å². The lowest BCUT2D eigenvalue weighted by molar-refractivity contribution is -0.146. The van der Waals surface area contributed by atoms with Crippen LogP contribution in [0.15, 0.2) is 12.1 Å². The van der Waals surface area contributed by atoms with Gasteiger partial charge in [-0.05, 0) is 18.9 Å². The fourth-order valence-electron chi connectivity index (χ4n) is 3.57. The zero-order valence-electron chi connectivity index (χ0n) is 19.0. The number of benzene rings is 1. The predicted octanol–water partition coefficient (Wildman–Crippen LogP) is 5.72. The minimum atomic E-state index is -0.483. The van der Waals surface area contributed by atoms with Gasteiger partial charge in [0.1, 0.15) is 11.9 Å². The molecule has 1 rings (SSSR count). The topological polar surface area (TPSA) is 82.1 Å². The van der Waals surface area contributed by atoms with Crippen molar-refractivity contribution in [1.29, 1.82) is 0 Å². The van der Waals surface area contributed by atoms with Gasteiger partial charge < -0.3 is 19.3 Å². The second-order valence-electron chi connectivity index (χ2n) is 7.78. The van der Waals surface area contributed by atoms with E-state index < -0.39 is 5.97 Å². The van der Waals surface area contributed by atoms with Gasteiger partial charge in [0, 0.05) is 31.9 Å². The normalized spacial score (nSPS) is 11.7. The SMILES string of the molecule is CCCCCCCCCCCC(Cc1cc(O)cc(OC)c1OC(C)=O)OC(C)=O. The van der Waals surface area contributed by atoms with Crippen LogP contribution in [0.25, 0.3) is 0 Å². The highest BCUT2D eigenvalue weighted by molar-refractivity contribution is 5.71. The summed E-state index contributed by atoms with van der Waals surface area (Å²) in [6.45, 7) is 4.92. The molecule has 170 valence electrons. The van der Waals surface area contributed by atoms with Crippen molar-refractivity contribution in [3.63, 3.8) is 0 Å². The maximum atomic E-state index is 11.6. The first-order valence-corrected chi connectivity index (χ1v) is 11.1. The summed E-state index contributed by atoms with van der Waals surface area (Å²) in [7, 11) is 1.44. The Morgan fingerprint density at radius 3 is 2.07 bits per heavy atom. The van der Waals surface area contributed by atoms with Gasteiger partial charge in [-0.1, -0.05) is 58.3 Å². The highest BCUT2D eigenvalue weighted by Crippen LogP contribution is 2.37. The first-order valence-electron chi connectivity index (χ1n) is 11.1. The van der Waals surface area contributed by atoms with E-state index in [1.54, 1.807) is 0 Å². The molecule has 0 radical (unpaired) electrons. The number of hydrogen-bond acceptors (Lipinski definition) is 6. The molecule has 0 saturated heterocycles. The first kappa shape index (κ1) is 25.8. The summed E-state index contributed by atoms with van der Waals surface area (Å²) < 4.78 is 16.1. The van der Waals surface area contributed by atoms with Gasteiger partial charge in [-0.15, -0.1) is 0 Å². The van der Waals surface area contributed by atoms with Crippen molar-refractivity contribution in [1.82, 2.24) is 0 Å². The summed E-state index contributed by atoms with van der Waals surface area (Å²) >= 11 is 0. The van der Waals surface area contributed by atoms with Crippen LogP contribution in [0, 0.1) is 0 Å². The molecule has 1 aromatic rings. The number of carbonyl (C=O) groups is 2. The molecule has 6 heteroatoms. The van der Waals surface area contributed by atoms with E-state index in [0.717, 1.165) is 12.8 Å². The number of phenolic OH excluding ortho intramolecular Hbond substituents is 1. The Labute approximate surface area is 180 Å². The van der Waals surface area contributed by atoms with Gasteiger partial charge in [0.25, 0.3) is 0 Å². The highest BCUT2D eigenvalue weighted by Gasteiger charge is 2.20. The van der Waals surface area contributed by atoms with E-state index in [9.17, 15) is 14.7 Å². The third-order valence-electron chi connectivity index (χ3n) is 4.99. The fraction of sp³-hybridized carbons (Fsp3) is 0.667. The molecule has 0 aliphatic carbocycles. The van der Waals surface area contributed by atoms with Crippen LogP contribution in [0.5, 0.6) is 17.2 Å². The molecule has 0 aliphatic rings. The molecule has 30 heavy (non-hydrogen) atoms. The minimum Gasteiger partial charge on any atom is -0.508 e. The molecule has 1 N–H and O–H groups in total. The Kier molecular flexibility index (Phi) is 12.6. The van der Waals surface area contributed by atoms with Crippen LogP contribution < -0.4 is 9.47 Å². The van der Waals surface area contributed by atoms with Crippen LogP contribution in [0.2, 0.25) is 0 Å². The summed E-state index contributed by atoms with van der Waals surface area (Å²) in [6, 6.07) is 2.91. The summed E-state index contributed by atoms with van der Waals surface area (Å²) in [5.74, 6) is -0.306. The molecular weight excluding hydrogens is 384 g/mol. The van der Waals surface area contributed by atoms with Crippen LogP contribution >= 0.6 is 0 Å². The maximum absolute atomic E-state index is 11.6. The second kappa shape index (κ2) is 14.7. The van der Waals surface area contributed by atoms with Gasteiger partial charge in [-0.3, -0.25) is 9.59 Å². The average molecular weight is 423 g/mol. The van der Waals surface area contributed by atoms with Gasteiger partial charge in [0.15, 0.2) is 11.5 Å². The number of phenols is 1. The number of carbonyl (C=O) groups excluding carboxylic acids is 2. The van der Waals surface area contributed by atoms with Crippen LogP contribution in [-0.4, -0.2) is 30.3 Å². The number of hydrogen-bond donors (Lipinski definition) is 1. The Hall–Kier alpha value is -2.24. The molecule has 0 aromatic heterocycles. The molecule has 6 nitrogen and oxygen atoms in total. The maximum Gasteiger partial charge on any atom is 0.308 e. The Balaban J connectivity index is 2.66. The lowest BCUT2D eigenvalue weighted by atomic mass is 10.00. The van der Waals surface area contributed by atoms with Gasteiger partial charge >= 0.3 is 11.9 Å². The van der Waals surface area contributed by atoms with Gasteiger partial charge in [-0.25, -0.2) is 0 Å². The number of esters is 2. The van der Waals surface area contributed by atoms with E-state index in [2.05, 4.69) is 6.92 Å². The van der Waals surface area contributed by atoms with Crippen molar-refractivity contribution in [3.8, 4) is 17.2 Å². The van der Waals surface area contributed by atoms with Crippen molar-refractivity contribution < 1.29 is 28.9 Å². The quantitative estimate of drug-likeness (QED) is 0.221. The smallest absolute Gasteiger partial charge is 0.308 e. The third kappa shape index (κ3) is 10.5. The lowest BCUT2D eigenvalue weighted by Gasteiger charge is -2.20. The Morgan fingerprint density at radius 1 is 0.933 bits per heavy atom. The molecule has 0 amide bonds. The number of aromatic hydroxyl groups is 1. The number of ether oxygens (including phenoxy) is 3. The molecular formula is C24H38O6. The van der Waals surface area contributed by atoms with E-state index in [0.29, 0.717) is 18.4 Å². The lowest BCUT2D eigenvalue weighted by Crippen LogP contribution is -2.20. The molecule has 0 heterocycles. The Morgan fingerprint density at radius 2 is 1.53 bits per heavy atom.